The van der Waals surface area contributed by atoms with Gasteiger partial charge in [-0.1, -0.05) is 0 Å². The number of pyridine rings is 1. The van der Waals surface area contributed by atoms with Crippen LogP contribution in [0.25, 0.3) is 0 Å². The van der Waals surface area contributed by atoms with Crippen molar-refractivity contribution in [2.24, 2.45) is 0 Å². The van der Waals surface area contributed by atoms with Crippen LogP contribution in [0, 0.1) is 17.0 Å². The van der Waals surface area contributed by atoms with E-state index in [9.17, 15) is 10.1 Å². The molecule has 0 radical (unpaired) electrons. The Kier molecular flexibility index (Phi) is 14.4. The summed E-state index contributed by atoms with van der Waals surface area (Å²) in [5.74, 6) is 0. The van der Waals surface area contributed by atoms with E-state index in [1.165, 1.54) is 12.3 Å². The molecular weight excluding hydrogens is 248 g/mol. The molecule has 8 heteroatoms. The summed E-state index contributed by atoms with van der Waals surface area (Å²) in [5, 5.41) is 26.1. The summed E-state index contributed by atoms with van der Waals surface area (Å²) in [5.41, 5.74) is 0.767. The molecule has 2 N–H and O–H groups in total. The number of rotatable bonds is 2. The number of aliphatic hydroxyl groups is 2. The van der Waals surface area contributed by atoms with Crippen LogP contribution in [0.4, 0.5) is 5.69 Å². The molecule has 0 unspecified atom stereocenters. The molecule has 0 saturated carbocycles. The Morgan fingerprint density at radius 2 is 2.00 bits per heavy atom. The fourth-order valence-corrected chi connectivity index (χ4v) is 0.925. The standard InChI is InChI=1S/C7H8N2O3.CH4O.ClH.Mg/c1-5-6(4-10)8-3-2-7(5)9(11)12;1-2;;/h2-3,10H,4H2,1H3;2H,1H3;1H;/q;;;+2/p-1. The van der Waals surface area contributed by atoms with Gasteiger partial charge in [-0.15, -0.1) is 0 Å². The molecule has 0 aliphatic heterocycles. The van der Waals surface area contributed by atoms with Gasteiger partial charge in [0.2, 0.25) is 0 Å². The zero-order chi connectivity index (χ0) is 11.1. The first-order valence-electron chi connectivity index (χ1n) is 3.81. The molecule has 0 aliphatic rings. The second-order valence-corrected chi connectivity index (χ2v) is 2.32. The monoisotopic (exact) mass is 259 g/mol. The first-order valence-corrected chi connectivity index (χ1v) is 3.81. The van der Waals surface area contributed by atoms with Crippen molar-refractivity contribution in [2.45, 2.75) is 13.5 Å². The maximum atomic E-state index is 10.4. The summed E-state index contributed by atoms with van der Waals surface area (Å²) in [6, 6.07) is 1.31. The van der Waals surface area contributed by atoms with Crippen molar-refractivity contribution in [3.63, 3.8) is 0 Å². The topological polar surface area (TPSA) is 96.5 Å². The molecule has 1 aromatic rings. The van der Waals surface area contributed by atoms with Gasteiger partial charge in [0, 0.05) is 19.4 Å². The molecule has 1 aromatic heterocycles. The predicted octanol–water partition coefficient (Wildman–Crippen LogP) is -2.98. The van der Waals surface area contributed by atoms with Gasteiger partial charge in [0.25, 0.3) is 5.69 Å². The van der Waals surface area contributed by atoms with Crippen LogP contribution in [0.3, 0.4) is 0 Å². The van der Waals surface area contributed by atoms with Crippen LogP contribution in [0.15, 0.2) is 12.3 Å². The number of hydrogen-bond donors (Lipinski definition) is 2. The Morgan fingerprint density at radius 1 is 1.50 bits per heavy atom. The zero-order valence-electron chi connectivity index (χ0n) is 9.05. The van der Waals surface area contributed by atoms with Gasteiger partial charge in [-0.2, -0.15) is 0 Å². The number of nitro groups is 1. The molecule has 6 nitrogen and oxygen atoms in total. The molecule has 0 aliphatic carbocycles. The van der Waals surface area contributed by atoms with Crippen molar-refractivity contribution in [1.82, 2.24) is 4.98 Å². The Hall–Kier alpha value is -0.474. The average Bonchev–Trinajstić information content (AvgIpc) is 2.21. The van der Waals surface area contributed by atoms with Gasteiger partial charge in [-0.25, -0.2) is 0 Å². The van der Waals surface area contributed by atoms with Gasteiger partial charge in [0.1, 0.15) is 0 Å². The molecule has 86 valence electrons. The van der Waals surface area contributed by atoms with Crippen molar-refractivity contribution < 1.29 is 27.5 Å². The smallest absolute Gasteiger partial charge is 1.00 e. The van der Waals surface area contributed by atoms with E-state index in [0.29, 0.717) is 11.3 Å². The SMILES string of the molecule is CO.Cc1c([N+](=O)[O-])ccnc1CO.[Cl-].[Mg+2]. The number of aromatic nitrogens is 1. The van der Waals surface area contributed by atoms with Gasteiger partial charge in [-0.3, -0.25) is 15.1 Å². The third-order valence-corrected chi connectivity index (χ3v) is 1.63. The van der Waals surface area contributed by atoms with E-state index < -0.39 is 4.92 Å². The molecule has 1 rings (SSSR count). The number of aliphatic hydroxyl groups excluding tert-OH is 2. The van der Waals surface area contributed by atoms with Crippen molar-refractivity contribution >= 4 is 28.7 Å². The van der Waals surface area contributed by atoms with E-state index >= 15 is 0 Å². The van der Waals surface area contributed by atoms with Crippen LogP contribution in [0.5, 0.6) is 0 Å². The van der Waals surface area contributed by atoms with Crippen molar-refractivity contribution in [3.05, 3.63) is 33.6 Å². The van der Waals surface area contributed by atoms with Crippen molar-refractivity contribution in [3.8, 4) is 0 Å². The average molecular weight is 260 g/mol. The van der Waals surface area contributed by atoms with Crippen LogP contribution in [-0.4, -0.2) is 50.3 Å². The quantitative estimate of drug-likeness (QED) is 0.336. The zero-order valence-corrected chi connectivity index (χ0v) is 11.2. The normalized spacial score (nSPS) is 7.75. The van der Waals surface area contributed by atoms with Gasteiger partial charge >= 0.3 is 23.1 Å². The summed E-state index contributed by atoms with van der Waals surface area (Å²) in [4.78, 5) is 13.7. The van der Waals surface area contributed by atoms with Crippen LogP contribution >= 0.6 is 0 Å². The fourth-order valence-electron chi connectivity index (χ4n) is 0.925. The van der Waals surface area contributed by atoms with Gasteiger partial charge in [0.05, 0.1) is 22.8 Å². The third-order valence-electron chi connectivity index (χ3n) is 1.63. The first-order chi connectivity index (χ1) is 6.66. The minimum absolute atomic E-state index is 0. The molecular formula is C8H12ClMgN2O4+. The minimum atomic E-state index is -0.490. The summed E-state index contributed by atoms with van der Waals surface area (Å²) in [6.07, 6.45) is 1.32. The fraction of sp³-hybridized carbons (Fsp3) is 0.375. The Labute approximate surface area is 115 Å². The summed E-state index contributed by atoms with van der Waals surface area (Å²) >= 11 is 0. The van der Waals surface area contributed by atoms with E-state index in [1.807, 2.05) is 0 Å². The molecule has 16 heavy (non-hydrogen) atoms. The second-order valence-electron chi connectivity index (χ2n) is 2.32. The number of halogens is 1. The molecule has 0 atom stereocenters. The summed E-state index contributed by atoms with van der Waals surface area (Å²) in [6.45, 7) is 1.30. The van der Waals surface area contributed by atoms with Gasteiger partial charge in [-0.05, 0) is 6.92 Å². The van der Waals surface area contributed by atoms with Crippen LogP contribution < -0.4 is 12.4 Å². The second kappa shape index (κ2) is 11.0. The van der Waals surface area contributed by atoms with E-state index in [0.717, 1.165) is 7.11 Å². The van der Waals surface area contributed by atoms with E-state index in [-0.39, 0.29) is 47.8 Å². The van der Waals surface area contributed by atoms with Crippen molar-refractivity contribution in [1.29, 1.82) is 0 Å². The maximum Gasteiger partial charge on any atom is 2.00 e. The van der Waals surface area contributed by atoms with Gasteiger partial charge < -0.3 is 22.6 Å². The summed E-state index contributed by atoms with van der Waals surface area (Å²) < 4.78 is 0. The summed E-state index contributed by atoms with van der Waals surface area (Å²) in [7, 11) is 1.00. The van der Waals surface area contributed by atoms with Crippen molar-refractivity contribution in [2.75, 3.05) is 7.11 Å². The Morgan fingerprint density at radius 3 is 2.38 bits per heavy atom. The molecule has 0 saturated heterocycles. The molecule has 0 amide bonds. The van der Waals surface area contributed by atoms with Crippen LogP contribution in [0.1, 0.15) is 11.3 Å². The van der Waals surface area contributed by atoms with Gasteiger partial charge in [0.15, 0.2) is 0 Å². The minimum Gasteiger partial charge on any atom is -1.00 e. The Bertz CT molecular complexity index is 325. The number of nitrogens with zero attached hydrogens (tertiary/aromatic N) is 2. The largest absolute Gasteiger partial charge is 2.00 e. The first kappa shape index (κ1) is 20.9. The maximum absolute atomic E-state index is 10.4. The predicted molar refractivity (Wildman–Crippen MR) is 55.4 cm³/mol. The molecule has 0 spiro atoms. The van der Waals surface area contributed by atoms with E-state index in [1.54, 1.807) is 6.92 Å². The molecule has 0 bridgehead atoms. The number of hydrogen-bond acceptors (Lipinski definition) is 5. The van der Waals surface area contributed by atoms with E-state index in [4.69, 9.17) is 10.2 Å². The Balaban J connectivity index is -0.000000399. The van der Waals surface area contributed by atoms with Crippen LogP contribution in [-0.2, 0) is 6.61 Å². The molecule has 0 fully saturated rings. The molecule has 1 heterocycles. The molecule has 0 aromatic carbocycles. The van der Waals surface area contributed by atoms with E-state index in [2.05, 4.69) is 4.98 Å². The third kappa shape index (κ3) is 5.57. The van der Waals surface area contributed by atoms with Crippen LogP contribution in [0.2, 0.25) is 0 Å².